The fraction of sp³-hybridized carbons (Fsp3) is 0.172. The summed E-state index contributed by atoms with van der Waals surface area (Å²) in [6.07, 6.45) is 17.8. The van der Waals surface area contributed by atoms with Crippen LogP contribution in [-0.2, 0) is 6.42 Å². The Morgan fingerprint density at radius 3 is 1.95 bits per heavy atom. The average molecular weight is 802 g/mol. The van der Waals surface area contributed by atoms with Crippen molar-refractivity contribution < 1.29 is 0 Å². The van der Waals surface area contributed by atoms with Gasteiger partial charge in [-0.05, 0) is 133 Å². The number of hydrogen-bond acceptors (Lipinski definition) is 0. The Bertz CT molecular complexity index is 2620. The minimum Gasteiger partial charge on any atom is -0.357 e. The van der Waals surface area contributed by atoms with Crippen molar-refractivity contribution in [2.75, 3.05) is 6.16 Å². The molecule has 1 aromatic heterocycles. The largest absolute Gasteiger partial charge is 0.357 e. The van der Waals surface area contributed by atoms with Crippen LogP contribution in [0.2, 0.25) is 0 Å². The van der Waals surface area contributed by atoms with Crippen molar-refractivity contribution in [2.24, 2.45) is 0 Å². The molecule has 6 aromatic carbocycles. The van der Waals surface area contributed by atoms with Crippen LogP contribution < -0.4 is 0 Å². The smallest absolute Gasteiger partial charge is 0.0542 e. The summed E-state index contributed by atoms with van der Waals surface area (Å²) in [7, 11) is 0.751. The number of fused-ring (bicyclic) bond motifs is 3. The van der Waals surface area contributed by atoms with Crippen LogP contribution in [0.1, 0.15) is 67.1 Å². The predicted octanol–water partition coefficient (Wildman–Crippen LogP) is 16.9. The number of nitrogens with one attached hydrogen (secondary N) is 1. The standard InChI is InChI=1S/C32H27N.C19H25P.C7H8/c1-21-15-17-24(23-9-4-3-5-10-23)19-29(21)30-20-25(18-16-22(30)2)26-12-8-13-28-27-11-6-7-14-31(27)33-32(26)28;1-5-10-18(11-6-2)16(3)14-15-20-17(4)19-12-8-7-9-13-19;1-7-5-3-2-4-6-7/h3-6,8-13,15-20,33H,7,14H2,1-2H3;5,7-14,20H,4,6,15H2,1-3H3;2-6H,1H3/b;10-5-,16-14+,18-11+;. The van der Waals surface area contributed by atoms with Crippen LogP contribution >= 0.6 is 8.58 Å². The summed E-state index contributed by atoms with van der Waals surface area (Å²) in [5.74, 6) is 0. The number of rotatable bonds is 10. The second-order valence-electron chi connectivity index (χ2n) is 15.4. The van der Waals surface area contributed by atoms with Gasteiger partial charge in [0.05, 0.1) is 5.52 Å². The molecule has 1 atom stereocenters. The topological polar surface area (TPSA) is 15.8 Å². The van der Waals surface area contributed by atoms with E-state index in [1.807, 2.05) is 24.3 Å². The molecule has 0 aliphatic heterocycles. The molecule has 1 aliphatic carbocycles. The Morgan fingerprint density at radius 1 is 0.683 bits per heavy atom. The molecule has 0 amide bonds. The summed E-state index contributed by atoms with van der Waals surface area (Å²) in [5.41, 5.74) is 19.5. The van der Waals surface area contributed by atoms with Gasteiger partial charge in [-0.25, -0.2) is 0 Å². The molecular formula is C58H60NP. The summed E-state index contributed by atoms with van der Waals surface area (Å²) in [4.78, 5) is 3.75. The molecule has 1 N–H and O–H groups in total. The van der Waals surface area contributed by atoms with Crippen molar-refractivity contribution in [3.63, 3.8) is 0 Å². The molecule has 0 bridgehead atoms. The number of para-hydroxylation sites is 1. The minimum absolute atomic E-state index is 0.751. The Hall–Kier alpha value is -6.01. The van der Waals surface area contributed by atoms with E-state index in [1.165, 1.54) is 94.3 Å². The van der Waals surface area contributed by atoms with E-state index in [4.69, 9.17) is 0 Å². The normalized spacial score (nSPS) is 12.6. The van der Waals surface area contributed by atoms with Crippen molar-refractivity contribution in [3.8, 4) is 33.4 Å². The fourth-order valence-corrected chi connectivity index (χ4v) is 8.66. The third-order valence-corrected chi connectivity index (χ3v) is 12.1. The lowest BCUT2D eigenvalue weighted by Gasteiger charge is -2.14. The van der Waals surface area contributed by atoms with Crippen LogP contribution in [0.5, 0.6) is 0 Å². The van der Waals surface area contributed by atoms with E-state index < -0.39 is 0 Å². The lowest BCUT2D eigenvalue weighted by atomic mass is 9.90. The van der Waals surface area contributed by atoms with Gasteiger partial charge in [-0.3, -0.25) is 0 Å². The molecule has 0 spiro atoms. The lowest BCUT2D eigenvalue weighted by Crippen LogP contribution is -1.91. The highest BCUT2D eigenvalue weighted by Gasteiger charge is 2.16. The Kier molecular flexibility index (Phi) is 15.9. The Morgan fingerprint density at radius 2 is 1.32 bits per heavy atom. The highest BCUT2D eigenvalue weighted by atomic mass is 31.1. The molecule has 1 unspecified atom stereocenters. The Balaban J connectivity index is 0.000000189. The molecule has 1 heterocycles. The van der Waals surface area contributed by atoms with Crippen LogP contribution in [0.25, 0.3) is 55.7 Å². The third kappa shape index (κ3) is 11.4. The number of hydrogen-bond donors (Lipinski definition) is 1. The number of H-pyrrole nitrogens is 1. The second kappa shape index (κ2) is 21.8. The zero-order valence-corrected chi connectivity index (χ0v) is 37.4. The van der Waals surface area contributed by atoms with Crippen molar-refractivity contribution in [1.82, 2.24) is 4.98 Å². The van der Waals surface area contributed by atoms with Crippen molar-refractivity contribution in [3.05, 3.63) is 227 Å². The molecule has 2 heteroatoms. The number of benzene rings is 6. The molecule has 0 saturated heterocycles. The fourth-order valence-electron chi connectivity index (χ4n) is 7.63. The molecule has 302 valence electrons. The molecular weight excluding hydrogens is 742 g/mol. The predicted molar refractivity (Wildman–Crippen MR) is 268 cm³/mol. The van der Waals surface area contributed by atoms with Gasteiger partial charge in [0.25, 0.3) is 0 Å². The van der Waals surface area contributed by atoms with Gasteiger partial charge in [-0.2, -0.15) is 0 Å². The summed E-state index contributed by atoms with van der Waals surface area (Å²) < 4.78 is 0. The third-order valence-electron chi connectivity index (χ3n) is 11.0. The van der Waals surface area contributed by atoms with E-state index in [-0.39, 0.29) is 0 Å². The Labute approximate surface area is 361 Å². The molecule has 60 heavy (non-hydrogen) atoms. The van der Waals surface area contributed by atoms with Crippen LogP contribution in [0.3, 0.4) is 0 Å². The maximum atomic E-state index is 4.19. The number of aryl methyl sites for hydroxylation is 4. The van der Waals surface area contributed by atoms with Gasteiger partial charge in [-0.15, -0.1) is 0 Å². The monoisotopic (exact) mass is 801 g/mol. The van der Waals surface area contributed by atoms with Crippen molar-refractivity contribution >= 4 is 30.9 Å². The molecule has 0 saturated carbocycles. The average Bonchev–Trinajstić information content (AvgIpc) is 3.67. The van der Waals surface area contributed by atoms with Gasteiger partial charge in [0.2, 0.25) is 0 Å². The molecule has 0 radical (unpaired) electrons. The van der Waals surface area contributed by atoms with Gasteiger partial charge < -0.3 is 4.98 Å². The number of aromatic amines is 1. The van der Waals surface area contributed by atoms with Gasteiger partial charge in [0, 0.05) is 22.2 Å². The first kappa shape index (κ1) is 43.6. The van der Waals surface area contributed by atoms with E-state index in [9.17, 15) is 0 Å². The molecule has 1 aliphatic rings. The van der Waals surface area contributed by atoms with Crippen LogP contribution in [-0.4, -0.2) is 11.1 Å². The van der Waals surface area contributed by atoms with Gasteiger partial charge >= 0.3 is 0 Å². The van der Waals surface area contributed by atoms with Crippen LogP contribution in [0.15, 0.2) is 194 Å². The summed E-state index contributed by atoms with van der Waals surface area (Å²) >= 11 is 0. The van der Waals surface area contributed by atoms with Gasteiger partial charge in [0.15, 0.2) is 0 Å². The van der Waals surface area contributed by atoms with Crippen molar-refractivity contribution in [2.45, 2.75) is 60.8 Å². The molecule has 7 aromatic rings. The quantitative estimate of drug-likeness (QED) is 0.105. The van der Waals surface area contributed by atoms with Gasteiger partial charge in [-0.1, -0.05) is 198 Å². The highest BCUT2D eigenvalue weighted by Crippen LogP contribution is 2.38. The summed E-state index contributed by atoms with van der Waals surface area (Å²) in [6, 6.07) is 51.7. The van der Waals surface area contributed by atoms with E-state index in [2.05, 4.69) is 211 Å². The maximum Gasteiger partial charge on any atom is 0.0542 e. The maximum absolute atomic E-state index is 4.19. The molecule has 8 rings (SSSR count). The minimum atomic E-state index is 0.751. The zero-order valence-electron chi connectivity index (χ0n) is 36.4. The molecule has 1 nitrogen and oxygen atoms in total. The lowest BCUT2D eigenvalue weighted by molar-refractivity contribution is 0.951. The molecule has 0 fully saturated rings. The van der Waals surface area contributed by atoms with E-state index in [0.29, 0.717) is 0 Å². The van der Waals surface area contributed by atoms with E-state index >= 15 is 0 Å². The first-order valence-corrected chi connectivity index (χ1v) is 22.6. The summed E-state index contributed by atoms with van der Waals surface area (Å²) in [6.45, 7) is 17.1. The second-order valence-corrected chi connectivity index (χ2v) is 16.8. The highest BCUT2D eigenvalue weighted by molar-refractivity contribution is 7.50. The summed E-state index contributed by atoms with van der Waals surface area (Å²) in [5, 5.41) is 2.56. The first-order chi connectivity index (χ1) is 29.3. The van der Waals surface area contributed by atoms with Crippen LogP contribution in [0, 0.1) is 20.8 Å². The SMILES string of the molecule is C=C(PC/C=C(C)/C(/C=C\C)=C/CC)c1ccccc1.Cc1ccc(-c2ccccc2)cc1-c1cc(-c2cccc3c4c([nH]c23)CCC=C4)ccc1C.Cc1ccccc1. The zero-order chi connectivity index (χ0) is 42.3. The number of allylic oxidation sites excluding steroid dienone is 7. The van der Waals surface area contributed by atoms with Crippen LogP contribution in [0.4, 0.5) is 0 Å². The van der Waals surface area contributed by atoms with Gasteiger partial charge in [0.1, 0.15) is 0 Å². The first-order valence-electron chi connectivity index (χ1n) is 21.3. The van der Waals surface area contributed by atoms with Crippen molar-refractivity contribution in [1.29, 1.82) is 0 Å². The van der Waals surface area contributed by atoms with E-state index in [1.54, 1.807) is 0 Å². The number of aromatic nitrogens is 1. The van der Waals surface area contributed by atoms with E-state index in [0.717, 1.165) is 34.0 Å².